The van der Waals surface area contributed by atoms with E-state index in [1.165, 1.54) is 16.9 Å². The standard InChI is InChI=1S/C22H19ClN6O2/c1-13-10-14(2)29(26-13)20-9-6-17(12-24-20)25-22(31)21-19(30)11-15(3)28(27-21)18-7-4-16(23)5-8-18/h4-12H,1-3H3,(H,25,31). The molecule has 9 heteroatoms. The number of nitrogens with zero attached hydrogens (tertiary/aromatic N) is 5. The lowest BCUT2D eigenvalue weighted by atomic mass is 10.2. The van der Waals surface area contributed by atoms with Crippen LogP contribution in [0.2, 0.25) is 5.02 Å². The van der Waals surface area contributed by atoms with Crippen LogP contribution in [-0.4, -0.2) is 30.5 Å². The first-order valence-electron chi connectivity index (χ1n) is 9.50. The minimum Gasteiger partial charge on any atom is -0.319 e. The average Bonchev–Trinajstić information content (AvgIpc) is 3.07. The summed E-state index contributed by atoms with van der Waals surface area (Å²) in [4.78, 5) is 29.5. The Hall–Kier alpha value is -3.78. The van der Waals surface area contributed by atoms with Gasteiger partial charge in [-0.1, -0.05) is 11.6 Å². The lowest BCUT2D eigenvalue weighted by Crippen LogP contribution is -2.27. The average molecular weight is 435 g/mol. The maximum atomic E-state index is 12.7. The second-order valence-electron chi connectivity index (χ2n) is 7.08. The summed E-state index contributed by atoms with van der Waals surface area (Å²) in [6.07, 6.45) is 1.51. The zero-order valence-electron chi connectivity index (χ0n) is 17.1. The highest BCUT2D eigenvalue weighted by molar-refractivity contribution is 6.30. The maximum absolute atomic E-state index is 12.7. The Morgan fingerprint density at radius 3 is 2.26 bits per heavy atom. The van der Waals surface area contributed by atoms with Gasteiger partial charge in [0.2, 0.25) is 5.43 Å². The van der Waals surface area contributed by atoms with Gasteiger partial charge in [-0.05, 0) is 63.2 Å². The van der Waals surface area contributed by atoms with Crippen molar-refractivity contribution in [3.63, 3.8) is 0 Å². The molecule has 3 heterocycles. The first-order valence-corrected chi connectivity index (χ1v) is 9.87. The highest BCUT2D eigenvalue weighted by atomic mass is 35.5. The molecule has 156 valence electrons. The molecule has 8 nitrogen and oxygen atoms in total. The van der Waals surface area contributed by atoms with Crippen LogP contribution in [0.3, 0.4) is 0 Å². The van der Waals surface area contributed by atoms with Gasteiger partial charge in [0.25, 0.3) is 5.91 Å². The molecule has 0 unspecified atom stereocenters. The Labute approximate surface area is 183 Å². The van der Waals surface area contributed by atoms with Crippen molar-refractivity contribution >= 4 is 23.2 Å². The third-order valence-electron chi connectivity index (χ3n) is 4.63. The predicted molar refractivity (Wildman–Crippen MR) is 118 cm³/mol. The summed E-state index contributed by atoms with van der Waals surface area (Å²) < 4.78 is 3.24. The van der Waals surface area contributed by atoms with E-state index in [4.69, 9.17) is 11.6 Å². The topological polar surface area (TPSA) is 94.7 Å². The maximum Gasteiger partial charge on any atom is 0.280 e. The number of benzene rings is 1. The molecular weight excluding hydrogens is 416 g/mol. The van der Waals surface area contributed by atoms with Crippen LogP contribution in [0.5, 0.6) is 0 Å². The van der Waals surface area contributed by atoms with Crippen LogP contribution >= 0.6 is 11.6 Å². The molecule has 31 heavy (non-hydrogen) atoms. The Bertz CT molecular complexity index is 1320. The Morgan fingerprint density at radius 1 is 0.935 bits per heavy atom. The van der Waals surface area contributed by atoms with Crippen LogP contribution in [0.25, 0.3) is 11.5 Å². The van der Waals surface area contributed by atoms with Gasteiger partial charge in [-0.3, -0.25) is 9.59 Å². The largest absolute Gasteiger partial charge is 0.319 e. The molecule has 1 amide bonds. The van der Waals surface area contributed by atoms with Crippen molar-refractivity contribution in [2.75, 3.05) is 5.32 Å². The van der Waals surface area contributed by atoms with Crippen molar-refractivity contribution < 1.29 is 4.79 Å². The van der Waals surface area contributed by atoms with Crippen LogP contribution in [-0.2, 0) is 0 Å². The van der Waals surface area contributed by atoms with Gasteiger partial charge >= 0.3 is 0 Å². The van der Waals surface area contributed by atoms with Crippen LogP contribution in [0.1, 0.15) is 27.6 Å². The summed E-state index contributed by atoms with van der Waals surface area (Å²) in [5.41, 5.74) is 2.88. The number of hydrogen-bond acceptors (Lipinski definition) is 5. The summed E-state index contributed by atoms with van der Waals surface area (Å²) in [7, 11) is 0. The summed E-state index contributed by atoms with van der Waals surface area (Å²) in [5, 5.41) is 11.9. The molecule has 0 aliphatic rings. The van der Waals surface area contributed by atoms with E-state index in [-0.39, 0.29) is 5.69 Å². The number of hydrogen-bond donors (Lipinski definition) is 1. The van der Waals surface area contributed by atoms with Gasteiger partial charge in [0.05, 0.1) is 23.3 Å². The van der Waals surface area contributed by atoms with Crippen molar-refractivity contribution in [3.8, 4) is 11.5 Å². The van der Waals surface area contributed by atoms with E-state index in [1.807, 2.05) is 19.9 Å². The zero-order valence-corrected chi connectivity index (χ0v) is 17.9. The van der Waals surface area contributed by atoms with E-state index in [9.17, 15) is 9.59 Å². The molecular formula is C22H19ClN6O2. The molecule has 0 atom stereocenters. The molecule has 0 radical (unpaired) electrons. The molecule has 4 rings (SSSR count). The molecule has 0 aliphatic carbocycles. The number of halogens is 1. The molecule has 0 aliphatic heterocycles. The van der Waals surface area contributed by atoms with Gasteiger partial charge in [-0.25, -0.2) is 14.3 Å². The first kappa shape index (κ1) is 20.5. The quantitative estimate of drug-likeness (QED) is 0.529. The SMILES string of the molecule is Cc1cc(C)n(-c2ccc(NC(=O)c3nn(-c4ccc(Cl)cc4)c(C)cc3=O)cn2)n1. The van der Waals surface area contributed by atoms with Crippen LogP contribution in [0.4, 0.5) is 5.69 Å². The molecule has 0 saturated heterocycles. The van der Waals surface area contributed by atoms with E-state index in [0.717, 1.165) is 11.4 Å². The minimum absolute atomic E-state index is 0.219. The molecule has 0 bridgehead atoms. The van der Waals surface area contributed by atoms with Crippen molar-refractivity contribution in [2.45, 2.75) is 20.8 Å². The Kier molecular flexibility index (Phi) is 5.39. The summed E-state index contributed by atoms with van der Waals surface area (Å²) in [5.74, 6) is 0.00975. The van der Waals surface area contributed by atoms with Crippen molar-refractivity contribution in [1.29, 1.82) is 0 Å². The highest BCUT2D eigenvalue weighted by Crippen LogP contribution is 2.15. The lowest BCUT2D eigenvalue weighted by Gasteiger charge is -2.11. The second kappa shape index (κ2) is 8.16. The predicted octanol–water partition coefficient (Wildman–Crippen LogP) is 3.64. The molecule has 0 fully saturated rings. The van der Waals surface area contributed by atoms with Crippen LogP contribution in [0.15, 0.2) is 59.5 Å². The van der Waals surface area contributed by atoms with E-state index in [0.29, 0.717) is 27.9 Å². The van der Waals surface area contributed by atoms with Gasteiger partial charge < -0.3 is 5.32 Å². The van der Waals surface area contributed by atoms with Gasteiger partial charge in [-0.15, -0.1) is 0 Å². The number of aryl methyl sites for hydroxylation is 3. The van der Waals surface area contributed by atoms with Gasteiger partial charge in [0, 0.05) is 22.5 Å². The van der Waals surface area contributed by atoms with E-state index in [2.05, 4.69) is 20.5 Å². The number of carbonyl (C=O) groups excluding carboxylic acids is 1. The number of amides is 1. The summed E-state index contributed by atoms with van der Waals surface area (Å²) in [6, 6.07) is 13.7. The second-order valence-corrected chi connectivity index (χ2v) is 7.52. The Balaban J connectivity index is 1.60. The van der Waals surface area contributed by atoms with E-state index >= 15 is 0 Å². The molecule has 3 aromatic heterocycles. The number of pyridine rings is 1. The van der Waals surface area contributed by atoms with E-state index in [1.54, 1.807) is 48.0 Å². The number of rotatable bonds is 4. The monoisotopic (exact) mass is 434 g/mol. The molecule has 1 N–H and O–H groups in total. The van der Waals surface area contributed by atoms with E-state index < -0.39 is 11.3 Å². The highest BCUT2D eigenvalue weighted by Gasteiger charge is 2.16. The van der Waals surface area contributed by atoms with Gasteiger partial charge in [0.1, 0.15) is 0 Å². The van der Waals surface area contributed by atoms with Crippen molar-refractivity contribution in [3.05, 3.63) is 92.7 Å². The molecule has 4 aromatic rings. The summed E-state index contributed by atoms with van der Waals surface area (Å²) >= 11 is 5.94. The number of aromatic nitrogens is 5. The fraction of sp³-hybridized carbons (Fsp3) is 0.136. The van der Waals surface area contributed by atoms with Crippen molar-refractivity contribution in [1.82, 2.24) is 24.5 Å². The smallest absolute Gasteiger partial charge is 0.280 e. The number of anilines is 1. The molecule has 0 saturated carbocycles. The first-order chi connectivity index (χ1) is 14.8. The fourth-order valence-corrected chi connectivity index (χ4v) is 3.31. The number of nitrogens with one attached hydrogen (secondary N) is 1. The van der Waals surface area contributed by atoms with Crippen LogP contribution in [0, 0.1) is 20.8 Å². The number of carbonyl (C=O) groups is 1. The van der Waals surface area contributed by atoms with Gasteiger partial charge in [0.15, 0.2) is 11.5 Å². The lowest BCUT2D eigenvalue weighted by molar-refractivity contribution is 0.101. The zero-order chi connectivity index (χ0) is 22.1. The summed E-state index contributed by atoms with van der Waals surface area (Å²) in [6.45, 7) is 5.59. The van der Waals surface area contributed by atoms with Gasteiger partial charge in [-0.2, -0.15) is 10.2 Å². The molecule has 0 spiro atoms. The Morgan fingerprint density at radius 2 is 1.65 bits per heavy atom. The third-order valence-corrected chi connectivity index (χ3v) is 4.88. The molecule has 1 aromatic carbocycles. The van der Waals surface area contributed by atoms with Crippen LogP contribution < -0.4 is 10.7 Å². The third kappa shape index (κ3) is 4.24. The van der Waals surface area contributed by atoms with Crippen molar-refractivity contribution in [2.24, 2.45) is 0 Å². The fourth-order valence-electron chi connectivity index (χ4n) is 3.18. The normalized spacial score (nSPS) is 10.8. The minimum atomic E-state index is -0.617.